The molecular formula is C28H28N6O. The number of likely N-dealkylation sites (N-methyl/N-ethyl adjacent to an activating group) is 1. The van der Waals surface area contributed by atoms with Crippen LogP contribution in [0.15, 0.2) is 73.1 Å². The smallest absolute Gasteiger partial charge is 0.150 e. The zero-order valence-electron chi connectivity index (χ0n) is 19.9. The van der Waals surface area contributed by atoms with E-state index in [9.17, 15) is 5.11 Å². The van der Waals surface area contributed by atoms with E-state index in [1.807, 2.05) is 47.8 Å². The minimum atomic E-state index is -0.681. The van der Waals surface area contributed by atoms with Gasteiger partial charge < -0.3 is 15.7 Å². The standard InChI is InChI=1S/C28H28N6O/c1-33(2)17-28(35)15-21(16-28)27-32-24(25-26(29)30-12-13-34(25)27)20-9-8-19-10-11-22(31-23(19)14-20)18-6-4-3-5-7-18/h3-14,21,35H,15-17H2,1-2H3,(H2,29,30). The number of benzene rings is 2. The van der Waals surface area contributed by atoms with E-state index in [1.54, 1.807) is 6.20 Å². The number of aliphatic hydroxyl groups is 1. The predicted octanol–water partition coefficient (Wildman–Crippen LogP) is 4.36. The third-order valence-corrected chi connectivity index (χ3v) is 6.87. The molecule has 0 bridgehead atoms. The molecule has 1 aliphatic rings. The summed E-state index contributed by atoms with van der Waals surface area (Å²) >= 11 is 0. The second-order valence-corrected chi connectivity index (χ2v) is 9.89. The van der Waals surface area contributed by atoms with E-state index >= 15 is 0 Å². The Kier molecular flexibility index (Phi) is 5.05. The van der Waals surface area contributed by atoms with E-state index in [2.05, 4.69) is 47.4 Å². The van der Waals surface area contributed by atoms with Crippen molar-refractivity contribution in [2.45, 2.75) is 24.4 Å². The lowest BCUT2D eigenvalue weighted by molar-refractivity contribution is -0.0664. The van der Waals surface area contributed by atoms with Crippen LogP contribution in [-0.2, 0) is 0 Å². The molecule has 35 heavy (non-hydrogen) atoms. The first kappa shape index (κ1) is 21.7. The molecule has 0 radical (unpaired) electrons. The molecule has 2 aromatic carbocycles. The number of hydrogen-bond acceptors (Lipinski definition) is 6. The lowest BCUT2D eigenvalue weighted by Gasteiger charge is -2.44. The normalized spacial score (nSPS) is 19.9. The Bertz CT molecular complexity index is 1540. The van der Waals surface area contributed by atoms with Crippen LogP contribution in [0.4, 0.5) is 5.82 Å². The van der Waals surface area contributed by atoms with Gasteiger partial charge in [-0.3, -0.25) is 4.40 Å². The van der Waals surface area contributed by atoms with E-state index < -0.39 is 5.60 Å². The van der Waals surface area contributed by atoms with Crippen LogP contribution >= 0.6 is 0 Å². The van der Waals surface area contributed by atoms with Gasteiger partial charge in [0.15, 0.2) is 0 Å². The lowest BCUT2D eigenvalue weighted by Crippen LogP contribution is -2.50. The van der Waals surface area contributed by atoms with Gasteiger partial charge in [0, 0.05) is 41.4 Å². The maximum Gasteiger partial charge on any atom is 0.150 e. The summed E-state index contributed by atoms with van der Waals surface area (Å²) in [5.74, 6) is 1.51. The molecule has 7 heteroatoms. The molecule has 0 amide bonds. The van der Waals surface area contributed by atoms with Crippen molar-refractivity contribution in [2.75, 3.05) is 26.4 Å². The molecule has 3 N–H and O–H groups in total. The first-order chi connectivity index (χ1) is 16.9. The van der Waals surface area contributed by atoms with Crippen molar-refractivity contribution in [3.05, 3.63) is 78.9 Å². The van der Waals surface area contributed by atoms with Gasteiger partial charge in [-0.15, -0.1) is 0 Å². The van der Waals surface area contributed by atoms with Crippen molar-refractivity contribution in [3.8, 4) is 22.5 Å². The Morgan fingerprint density at radius 2 is 1.80 bits per heavy atom. The van der Waals surface area contributed by atoms with E-state index in [0.717, 1.165) is 44.8 Å². The van der Waals surface area contributed by atoms with E-state index in [0.29, 0.717) is 25.2 Å². The number of nitrogen functional groups attached to an aromatic ring is 1. The Morgan fingerprint density at radius 3 is 2.57 bits per heavy atom. The lowest BCUT2D eigenvalue weighted by atomic mass is 9.70. The van der Waals surface area contributed by atoms with Gasteiger partial charge in [0.1, 0.15) is 22.9 Å². The highest BCUT2D eigenvalue weighted by Crippen LogP contribution is 2.46. The highest BCUT2D eigenvalue weighted by atomic mass is 16.3. The fourth-order valence-corrected chi connectivity index (χ4v) is 5.37. The molecule has 1 fully saturated rings. The molecule has 0 aliphatic heterocycles. The third kappa shape index (κ3) is 3.83. The second-order valence-electron chi connectivity index (χ2n) is 9.89. The van der Waals surface area contributed by atoms with Crippen LogP contribution in [0.1, 0.15) is 24.6 Å². The van der Waals surface area contributed by atoms with Crippen molar-refractivity contribution < 1.29 is 5.11 Å². The molecular weight excluding hydrogens is 436 g/mol. The highest BCUT2D eigenvalue weighted by Gasteiger charge is 2.45. The Labute approximate surface area is 203 Å². The molecule has 5 aromatic rings. The zero-order valence-corrected chi connectivity index (χ0v) is 19.9. The summed E-state index contributed by atoms with van der Waals surface area (Å²) in [6, 6.07) is 20.5. The molecule has 0 atom stereocenters. The Morgan fingerprint density at radius 1 is 1.03 bits per heavy atom. The van der Waals surface area contributed by atoms with Gasteiger partial charge in [0.05, 0.1) is 16.8 Å². The predicted molar refractivity (Wildman–Crippen MR) is 139 cm³/mol. The quantitative estimate of drug-likeness (QED) is 0.401. The number of hydrogen-bond donors (Lipinski definition) is 2. The molecule has 1 saturated carbocycles. The summed E-state index contributed by atoms with van der Waals surface area (Å²) in [5, 5.41) is 11.9. The Hall–Kier alpha value is -3.81. The largest absolute Gasteiger partial charge is 0.389 e. The molecule has 0 unspecified atom stereocenters. The van der Waals surface area contributed by atoms with E-state index in [4.69, 9.17) is 15.7 Å². The van der Waals surface area contributed by atoms with Crippen molar-refractivity contribution in [1.82, 2.24) is 24.3 Å². The second kappa shape index (κ2) is 8.15. The highest BCUT2D eigenvalue weighted by molar-refractivity contribution is 5.91. The van der Waals surface area contributed by atoms with Crippen molar-refractivity contribution in [1.29, 1.82) is 0 Å². The molecule has 7 nitrogen and oxygen atoms in total. The summed E-state index contributed by atoms with van der Waals surface area (Å²) in [4.78, 5) is 16.4. The fourth-order valence-electron chi connectivity index (χ4n) is 5.37. The number of rotatable bonds is 5. The number of imidazole rings is 1. The molecule has 3 aromatic heterocycles. The fraction of sp³-hybridized carbons (Fsp3) is 0.250. The maximum atomic E-state index is 10.9. The first-order valence-electron chi connectivity index (χ1n) is 11.9. The summed E-state index contributed by atoms with van der Waals surface area (Å²) in [6.45, 7) is 0.642. The molecule has 0 saturated heterocycles. The van der Waals surface area contributed by atoms with Gasteiger partial charge in [-0.25, -0.2) is 15.0 Å². The van der Waals surface area contributed by atoms with Crippen LogP contribution in [0.25, 0.3) is 38.9 Å². The first-order valence-corrected chi connectivity index (χ1v) is 11.9. The number of fused-ring (bicyclic) bond motifs is 2. The van der Waals surface area contributed by atoms with E-state index in [-0.39, 0.29) is 5.92 Å². The van der Waals surface area contributed by atoms with Crippen molar-refractivity contribution >= 4 is 22.2 Å². The molecule has 6 rings (SSSR count). The number of aromatic nitrogens is 4. The third-order valence-electron chi connectivity index (χ3n) is 6.87. The number of nitrogens with zero attached hydrogens (tertiary/aromatic N) is 5. The minimum Gasteiger partial charge on any atom is -0.389 e. The number of nitrogens with two attached hydrogens (primary N) is 1. The van der Waals surface area contributed by atoms with Crippen LogP contribution in [0, 0.1) is 0 Å². The SMILES string of the molecule is CN(C)CC1(O)CC(c2nc(-c3ccc4ccc(-c5ccccc5)nc4c3)c3c(N)nccn23)C1. The average molecular weight is 465 g/mol. The van der Waals surface area contributed by atoms with Gasteiger partial charge >= 0.3 is 0 Å². The molecule has 176 valence electrons. The maximum absolute atomic E-state index is 10.9. The average Bonchev–Trinajstić information content (AvgIpc) is 3.22. The molecule has 1 aliphatic carbocycles. The summed E-state index contributed by atoms with van der Waals surface area (Å²) < 4.78 is 2.04. The van der Waals surface area contributed by atoms with Gasteiger partial charge in [0.2, 0.25) is 0 Å². The van der Waals surface area contributed by atoms with Crippen LogP contribution in [0.3, 0.4) is 0 Å². The molecule has 3 heterocycles. The number of anilines is 1. The summed E-state index contributed by atoms with van der Waals surface area (Å²) in [7, 11) is 3.97. The van der Waals surface area contributed by atoms with Crippen LogP contribution < -0.4 is 5.73 Å². The number of pyridine rings is 1. The molecule has 0 spiro atoms. The van der Waals surface area contributed by atoms with Gasteiger partial charge in [-0.05, 0) is 39.1 Å². The van der Waals surface area contributed by atoms with Gasteiger partial charge in [0.25, 0.3) is 0 Å². The van der Waals surface area contributed by atoms with Crippen LogP contribution in [-0.4, -0.2) is 55.6 Å². The van der Waals surface area contributed by atoms with Crippen molar-refractivity contribution in [3.63, 3.8) is 0 Å². The Balaban J connectivity index is 1.43. The topological polar surface area (TPSA) is 92.6 Å². The van der Waals surface area contributed by atoms with Crippen LogP contribution in [0.5, 0.6) is 0 Å². The van der Waals surface area contributed by atoms with Gasteiger partial charge in [-0.2, -0.15) is 0 Å². The summed E-state index contributed by atoms with van der Waals surface area (Å²) in [6.07, 6.45) is 4.96. The zero-order chi connectivity index (χ0) is 24.2. The minimum absolute atomic E-state index is 0.159. The van der Waals surface area contributed by atoms with E-state index in [1.165, 1.54) is 0 Å². The monoisotopic (exact) mass is 464 g/mol. The summed E-state index contributed by atoms with van der Waals surface area (Å²) in [5.41, 5.74) is 11.1. The van der Waals surface area contributed by atoms with Crippen LogP contribution in [0.2, 0.25) is 0 Å². The van der Waals surface area contributed by atoms with Gasteiger partial charge in [-0.1, -0.05) is 48.5 Å². The van der Waals surface area contributed by atoms with Crippen molar-refractivity contribution in [2.24, 2.45) is 0 Å².